The Morgan fingerprint density at radius 3 is 2.70 bits per heavy atom. The van der Waals surface area contributed by atoms with Crippen LogP contribution in [0.1, 0.15) is 32.0 Å². The number of likely N-dealkylation sites (N-methyl/N-ethyl adjacent to an activating group) is 1. The first-order chi connectivity index (χ1) is 9.83. The first-order valence-corrected chi connectivity index (χ1v) is 7.91. The monoisotopic (exact) mass is 278 g/mol. The second-order valence-corrected chi connectivity index (χ2v) is 5.82. The van der Waals surface area contributed by atoms with Crippen LogP contribution in [0.3, 0.4) is 0 Å². The van der Waals surface area contributed by atoms with E-state index in [9.17, 15) is 0 Å². The number of nitrogens with one attached hydrogen (secondary N) is 1. The van der Waals surface area contributed by atoms with E-state index in [1.807, 2.05) is 6.20 Å². The minimum absolute atomic E-state index is 0.338. The van der Waals surface area contributed by atoms with E-state index in [1.165, 1.54) is 31.9 Å². The van der Waals surface area contributed by atoms with Crippen molar-refractivity contribution in [3.8, 4) is 0 Å². The molecule has 1 aromatic heterocycles. The highest BCUT2D eigenvalue weighted by Crippen LogP contribution is 2.27. The molecule has 3 fully saturated rings. The Bertz CT molecular complexity index is 423. The molecule has 4 rings (SSSR count). The summed E-state index contributed by atoms with van der Waals surface area (Å²) in [4.78, 5) is 5.22. The SMILES string of the molecule is CCCn1nncc1C(NCC)C1CN2CCN1CC2. The lowest BCUT2D eigenvalue weighted by Gasteiger charge is -2.50. The van der Waals surface area contributed by atoms with E-state index in [1.54, 1.807) is 0 Å². The summed E-state index contributed by atoms with van der Waals surface area (Å²) in [6.07, 6.45) is 3.04. The predicted octanol–water partition coefficient (Wildman–Crippen LogP) is 0.339. The number of aromatic nitrogens is 3. The van der Waals surface area contributed by atoms with Crippen LogP contribution in [0.25, 0.3) is 0 Å². The Morgan fingerprint density at radius 2 is 2.10 bits per heavy atom. The molecule has 3 saturated heterocycles. The molecule has 1 aromatic rings. The molecule has 112 valence electrons. The van der Waals surface area contributed by atoms with E-state index < -0.39 is 0 Å². The predicted molar refractivity (Wildman–Crippen MR) is 78.5 cm³/mol. The molecule has 0 aromatic carbocycles. The van der Waals surface area contributed by atoms with Crippen LogP contribution in [0.4, 0.5) is 0 Å². The minimum atomic E-state index is 0.338. The first-order valence-electron chi connectivity index (χ1n) is 7.91. The fourth-order valence-electron chi connectivity index (χ4n) is 3.52. The molecular formula is C14H26N6. The molecule has 4 heterocycles. The van der Waals surface area contributed by atoms with Crippen molar-refractivity contribution in [2.45, 2.75) is 38.9 Å². The number of fused-ring (bicyclic) bond motifs is 3. The molecule has 0 aliphatic carbocycles. The quantitative estimate of drug-likeness (QED) is 0.813. The second kappa shape index (κ2) is 6.20. The molecule has 3 aliphatic rings. The number of hydrogen-bond donors (Lipinski definition) is 1. The number of nitrogens with zero attached hydrogens (tertiary/aromatic N) is 5. The summed E-state index contributed by atoms with van der Waals surface area (Å²) in [5.41, 5.74) is 1.24. The van der Waals surface area contributed by atoms with E-state index in [0.717, 1.165) is 26.1 Å². The third kappa shape index (κ3) is 2.60. The average Bonchev–Trinajstić information content (AvgIpc) is 2.94. The van der Waals surface area contributed by atoms with Gasteiger partial charge in [0.25, 0.3) is 0 Å². The standard InChI is InChI=1S/C14H26N6/c1-3-5-20-12(10-16-17-20)14(15-4-2)13-11-18-6-8-19(13)9-7-18/h10,13-15H,3-9,11H2,1-2H3. The topological polar surface area (TPSA) is 49.2 Å². The fourth-order valence-corrected chi connectivity index (χ4v) is 3.52. The van der Waals surface area contributed by atoms with Gasteiger partial charge in [0.05, 0.1) is 17.9 Å². The van der Waals surface area contributed by atoms with Crippen LogP contribution in [0.5, 0.6) is 0 Å². The highest BCUT2D eigenvalue weighted by molar-refractivity contribution is 5.09. The van der Waals surface area contributed by atoms with Gasteiger partial charge < -0.3 is 5.32 Å². The van der Waals surface area contributed by atoms with Gasteiger partial charge >= 0.3 is 0 Å². The average molecular weight is 278 g/mol. The van der Waals surface area contributed by atoms with Crippen molar-refractivity contribution < 1.29 is 0 Å². The smallest absolute Gasteiger partial charge is 0.0773 e. The van der Waals surface area contributed by atoms with Crippen LogP contribution in [-0.4, -0.2) is 70.1 Å². The van der Waals surface area contributed by atoms with Crippen LogP contribution in [0, 0.1) is 0 Å². The Kier molecular flexibility index (Phi) is 4.33. The molecule has 3 aliphatic heterocycles. The van der Waals surface area contributed by atoms with Gasteiger partial charge in [-0.15, -0.1) is 5.10 Å². The van der Waals surface area contributed by atoms with Gasteiger partial charge in [-0.05, 0) is 13.0 Å². The van der Waals surface area contributed by atoms with E-state index in [0.29, 0.717) is 12.1 Å². The van der Waals surface area contributed by atoms with Crippen molar-refractivity contribution in [2.75, 3.05) is 39.3 Å². The van der Waals surface area contributed by atoms with E-state index in [-0.39, 0.29) is 0 Å². The number of piperazine rings is 3. The van der Waals surface area contributed by atoms with Crippen molar-refractivity contribution in [3.63, 3.8) is 0 Å². The molecule has 0 saturated carbocycles. The van der Waals surface area contributed by atoms with Crippen molar-refractivity contribution in [2.24, 2.45) is 0 Å². The Labute approximate surface area is 121 Å². The summed E-state index contributed by atoms with van der Waals surface area (Å²) < 4.78 is 2.08. The number of hydrogen-bond acceptors (Lipinski definition) is 5. The van der Waals surface area contributed by atoms with Crippen molar-refractivity contribution >= 4 is 0 Å². The highest BCUT2D eigenvalue weighted by Gasteiger charge is 2.38. The molecule has 0 radical (unpaired) electrons. The summed E-state index contributed by atoms with van der Waals surface area (Å²) in [7, 11) is 0. The van der Waals surface area contributed by atoms with Gasteiger partial charge in [-0.3, -0.25) is 9.80 Å². The molecule has 0 spiro atoms. The number of rotatable bonds is 6. The first kappa shape index (κ1) is 14.0. The normalized spacial score (nSPS) is 30.6. The number of aryl methyl sites for hydroxylation is 1. The van der Waals surface area contributed by atoms with Gasteiger partial charge in [-0.1, -0.05) is 19.1 Å². The summed E-state index contributed by atoms with van der Waals surface area (Å²) >= 11 is 0. The molecule has 2 unspecified atom stereocenters. The van der Waals surface area contributed by atoms with Gasteiger partial charge in [-0.2, -0.15) is 0 Å². The van der Waals surface area contributed by atoms with Gasteiger partial charge in [0.15, 0.2) is 0 Å². The molecule has 6 heteroatoms. The van der Waals surface area contributed by atoms with Crippen LogP contribution in [0.2, 0.25) is 0 Å². The molecule has 0 amide bonds. The zero-order chi connectivity index (χ0) is 13.9. The lowest BCUT2D eigenvalue weighted by molar-refractivity contribution is -0.00475. The molecular weight excluding hydrogens is 252 g/mol. The van der Waals surface area contributed by atoms with Crippen LogP contribution in [0.15, 0.2) is 6.20 Å². The van der Waals surface area contributed by atoms with Gasteiger partial charge in [0.1, 0.15) is 0 Å². The van der Waals surface area contributed by atoms with Gasteiger partial charge in [0.2, 0.25) is 0 Å². The Morgan fingerprint density at radius 1 is 1.30 bits per heavy atom. The van der Waals surface area contributed by atoms with Gasteiger partial charge in [0, 0.05) is 45.3 Å². The van der Waals surface area contributed by atoms with E-state index in [4.69, 9.17) is 0 Å². The second-order valence-electron chi connectivity index (χ2n) is 5.82. The molecule has 20 heavy (non-hydrogen) atoms. The molecule has 6 nitrogen and oxygen atoms in total. The lowest BCUT2D eigenvalue weighted by atomic mass is 9.97. The molecule has 2 atom stereocenters. The van der Waals surface area contributed by atoms with Gasteiger partial charge in [-0.25, -0.2) is 4.68 Å². The van der Waals surface area contributed by atoms with Crippen molar-refractivity contribution in [1.29, 1.82) is 0 Å². The maximum Gasteiger partial charge on any atom is 0.0773 e. The van der Waals surface area contributed by atoms with Crippen LogP contribution < -0.4 is 5.32 Å². The van der Waals surface area contributed by atoms with E-state index >= 15 is 0 Å². The molecule has 1 N–H and O–H groups in total. The van der Waals surface area contributed by atoms with Crippen molar-refractivity contribution in [3.05, 3.63) is 11.9 Å². The Hall–Kier alpha value is -0.980. The highest BCUT2D eigenvalue weighted by atomic mass is 15.4. The summed E-state index contributed by atoms with van der Waals surface area (Å²) in [5.74, 6) is 0. The summed E-state index contributed by atoms with van der Waals surface area (Å²) in [6.45, 7) is 12.3. The summed E-state index contributed by atoms with van der Waals surface area (Å²) in [6, 6.07) is 0.885. The maximum atomic E-state index is 4.26. The molecule has 2 bridgehead atoms. The lowest BCUT2D eigenvalue weighted by Crippen LogP contribution is -2.64. The zero-order valence-electron chi connectivity index (χ0n) is 12.6. The van der Waals surface area contributed by atoms with E-state index in [2.05, 4.69) is 44.0 Å². The zero-order valence-corrected chi connectivity index (χ0v) is 12.6. The van der Waals surface area contributed by atoms with Crippen molar-refractivity contribution in [1.82, 2.24) is 30.1 Å². The van der Waals surface area contributed by atoms with Crippen LogP contribution in [-0.2, 0) is 6.54 Å². The van der Waals surface area contributed by atoms with Crippen LogP contribution >= 0.6 is 0 Å². The third-order valence-electron chi connectivity index (χ3n) is 4.53. The fraction of sp³-hybridized carbons (Fsp3) is 0.857. The largest absolute Gasteiger partial charge is 0.308 e. The summed E-state index contributed by atoms with van der Waals surface area (Å²) in [5, 5.41) is 12.1. The third-order valence-corrected chi connectivity index (χ3v) is 4.53. The maximum absolute atomic E-state index is 4.26. The Balaban J connectivity index is 1.83. The minimum Gasteiger partial charge on any atom is -0.308 e.